The highest BCUT2D eigenvalue weighted by Crippen LogP contribution is 2.43. The fourth-order valence-electron chi connectivity index (χ4n) is 10.9. The van der Waals surface area contributed by atoms with Crippen LogP contribution in [0.25, 0.3) is 112 Å². The molecule has 9 aromatic carbocycles. The first-order valence-electron chi connectivity index (χ1n) is 24.4. The van der Waals surface area contributed by atoms with Gasteiger partial charge >= 0.3 is 0 Å². The van der Waals surface area contributed by atoms with Crippen LogP contribution in [0.4, 0.5) is 0 Å². The number of nitrogens with zero attached hydrogens (tertiary/aromatic N) is 3. The van der Waals surface area contributed by atoms with Gasteiger partial charge < -0.3 is 13.7 Å². The molecule has 0 saturated heterocycles. The van der Waals surface area contributed by atoms with Crippen molar-refractivity contribution < 1.29 is 0 Å². The molecule has 0 bridgehead atoms. The molecule has 70 heavy (non-hydrogen) atoms. The first-order valence-corrected chi connectivity index (χ1v) is 24.4. The lowest BCUT2D eigenvalue weighted by atomic mass is 9.89. The van der Waals surface area contributed by atoms with Crippen LogP contribution in [-0.4, -0.2) is 13.7 Å². The molecule has 3 nitrogen and oxygen atoms in total. The summed E-state index contributed by atoms with van der Waals surface area (Å²) in [5.74, 6) is 0.410. The van der Waals surface area contributed by atoms with E-state index in [-0.39, 0.29) is 0 Å². The summed E-state index contributed by atoms with van der Waals surface area (Å²) in [6.07, 6.45) is 12.7. The fraction of sp³-hybridized carbons (Fsp3) is 0.0448. The van der Waals surface area contributed by atoms with Gasteiger partial charge in [-0.2, -0.15) is 0 Å². The highest BCUT2D eigenvalue weighted by molar-refractivity contribution is 5.99. The third-order valence-electron chi connectivity index (χ3n) is 14.3. The maximum Gasteiger partial charge on any atom is 0.0534 e. The normalized spacial score (nSPS) is 13.2. The van der Waals surface area contributed by atoms with E-state index >= 15 is 0 Å². The zero-order valence-electron chi connectivity index (χ0n) is 39.0. The number of allylic oxidation sites excluding steroid dienone is 1. The third kappa shape index (κ3) is 7.31. The Balaban J connectivity index is 0.968. The van der Waals surface area contributed by atoms with Gasteiger partial charge in [0.25, 0.3) is 0 Å². The van der Waals surface area contributed by atoms with Gasteiger partial charge in [-0.15, -0.1) is 0 Å². The Hall–Kier alpha value is -8.92. The van der Waals surface area contributed by atoms with Crippen LogP contribution >= 0.6 is 0 Å². The Kier molecular flexibility index (Phi) is 10.2. The molecule has 0 fully saturated rings. The average molecular weight is 896 g/mol. The summed E-state index contributed by atoms with van der Waals surface area (Å²) in [6.45, 7) is 2.35. The number of aromatic nitrogens is 3. The Morgan fingerprint density at radius 1 is 0.329 bits per heavy atom. The van der Waals surface area contributed by atoms with E-state index < -0.39 is 0 Å². The standard InChI is InChI=1S/C67H49N3/c1-46-19-15-34-61-64(45-70(67(46)61)58-30-9-4-10-31-58)52-25-18-22-49(39-52)55-41-53(47-20-16-23-50(37-47)62-43-68(56-26-5-2-6-27-56)65-35-13-11-32-59(62)65)40-54(42-55)48-21-17-24-51(38-48)63-44-69(57-28-7-3-8-29-57)66-36-14-12-33-60(63)66/h2-18,20-46H,19H2,1H3. The van der Waals surface area contributed by atoms with Crippen molar-refractivity contribution in [2.75, 3.05) is 0 Å². The van der Waals surface area contributed by atoms with Crippen molar-refractivity contribution in [3.05, 3.63) is 266 Å². The van der Waals surface area contributed by atoms with Crippen molar-refractivity contribution in [1.82, 2.24) is 13.7 Å². The quantitative estimate of drug-likeness (QED) is 0.137. The minimum Gasteiger partial charge on any atom is -0.319 e. The van der Waals surface area contributed by atoms with Crippen LogP contribution in [0.1, 0.15) is 30.5 Å². The largest absolute Gasteiger partial charge is 0.319 e. The second-order valence-electron chi connectivity index (χ2n) is 18.7. The van der Waals surface area contributed by atoms with Crippen molar-refractivity contribution >= 4 is 27.9 Å². The van der Waals surface area contributed by atoms with E-state index in [4.69, 9.17) is 0 Å². The predicted molar refractivity (Wildman–Crippen MR) is 294 cm³/mol. The van der Waals surface area contributed by atoms with E-state index in [2.05, 4.69) is 282 Å². The number of hydrogen-bond acceptors (Lipinski definition) is 0. The number of hydrogen-bond donors (Lipinski definition) is 0. The van der Waals surface area contributed by atoms with Gasteiger partial charge in [0, 0.05) is 80.3 Å². The number of fused-ring (bicyclic) bond motifs is 3. The van der Waals surface area contributed by atoms with Crippen LogP contribution < -0.4 is 0 Å². The van der Waals surface area contributed by atoms with Crippen LogP contribution in [0.15, 0.2) is 255 Å². The van der Waals surface area contributed by atoms with Crippen LogP contribution in [0.2, 0.25) is 0 Å². The molecule has 12 aromatic rings. The van der Waals surface area contributed by atoms with Crippen LogP contribution in [-0.2, 0) is 0 Å². The molecule has 1 atom stereocenters. The first-order chi connectivity index (χ1) is 34.6. The van der Waals surface area contributed by atoms with Crippen molar-refractivity contribution in [3.8, 4) is 83.8 Å². The van der Waals surface area contributed by atoms with E-state index in [0.717, 1.165) is 17.8 Å². The topological polar surface area (TPSA) is 14.8 Å². The summed E-state index contributed by atoms with van der Waals surface area (Å²) >= 11 is 0. The van der Waals surface area contributed by atoms with E-state index in [9.17, 15) is 0 Å². The maximum atomic E-state index is 2.42. The minimum absolute atomic E-state index is 0.410. The molecule has 0 saturated carbocycles. The number of rotatable bonds is 9. The van der Waals surface area contributed by atoms with Gasteiger partial charge in [-0.3, -0.25) is 0 Å². The van der Waals surface area contributed by atoms with Gasteiger partial charge in [-0.05, 0) is 141 Å². The summed E-state index contributed by atoms with van der Waals surface area (Å²) in [6, 6.07) is 84.1. The van der Waals surface area contributed by atoms with E-state index in [1.165, 1.54) is 106 Å². The second-order valence-corrected chi connectivity index (χ2v) is 18.7. The first kappa shape index (κ1) is 41.3. The second kappa shape index (κ2) is 17.3. The van der Waals surface area contributed by atoms with Crippen LogP contribution in [0, 0.1) is 0 Å². The highest BCUT2D eigenvalue weighted by Gasteiger charge is 2.24. The molecular weight excluding hydrogens is 847 g/mol. The summed E-state index contributed by atoms with van der Waals surface area (Å²) < 4.78 is 7.04. The van der Waals surface area contributed by atoms with Crippen LogP contribution in [0.3, 0.4) is 0 Å². The van der Waals surface area contributed by atoms with Gasteiger partial charge in [0.2, 0.25) is 0 Å². The minimum atomic E-state index is 0.410. The predicted octanol–water partition coefficient (Wildman–Crippen LogP) is 17.9. The van der Waals surface area contributed by atoms with Crippen molar-refractivity contribution in [2.45, 2.75) is 19.3 Å². The molecule has 0 amide bonds. The molecule has 1 unspecified atom stereocenters. The Bertz CT molecular complexity index is 3740. The zero-order valence-corrected chi connectivity index (χ0v) is 39.0. The lowest BCUT2D eigenvalue weighted by molar-refractivity contribution is 0.718. The zero-order chi connectivity index (χ0) is 46.5. The molecule has 0 radical (unpaired) electrons. The van der Waals surface area contributed by atoms with E-state index in [1.54, 1.807) is 0 Å². The Morgan fingerprint density at radius 3 is 1.14 bits per heavy atom. The third-order valence-corrected chi connectivity index (χ3v) is 14.3. The van der Waals surface area contributed by atoms with Gasteiger partial charge in [0.05, 0.1) is 11.0 Å². The molecule has 13 rings (SSSR count). The van der Waals surface area contributed by atoms with Gasteiger partial charge in [-0.25, -0.2) is 0 Å². The molecule has 0 aliphatic heterocycles. The summed E-state index contributed by atoms with van der Waals surface area (Å²) in [4.78, 5) is 0. The smallest absolute Gasteiger partial charge is 0.0534 e. The molecule has 0 N–H and O–H groups in total. The maximum absolute atomic E-state index is 2.42. The average Bonchev–Trinajstić information content (AvgIpc) is 4.15. The lowest BCUT2D eigenvalue weighted by Crippen LogP contribution is -2.06. The molecule has 3 heteroatoms. The Labute approximate surface area is 409 Å². The van der Waals surface area contributed by atoms with Crippen LogP contribution in [0.5, 0.6) is 0 Å². The number of para-hydroxylation sites is 5. The molecule has 1 aliphatic rings. The Morgan fingerprint density at radius 2 is 0.686 bits per heavy atom. The van der Waals surface area contributed by atoms with Crippen molar-refractivity contribution in [1.29, 1.82) is 0 Å². The molecule has 3 heterocycles. The molecule has 1 aliphatic carbocycles. The van der Waals surface area contributed by atoms with Gasteiger partial charge in [0.15, 0.2) is 0 Å². The molecule has 332 valence electrons. The van der Waals surface area contributed by atoms with E-state index in [1.807, 2.05) is 0 Å². The van der Waals surface area contributed by atoms with Crippen molar-refractivity contribution in [2.24, 2.45) is 0 Å². The fourth-order valence-corrected chi connectivity index (χ4v) is 10.9. The van der Waals surface area contributed by atoms with E-state index in [0.29, 0.717) is 5.92 Å². The summed E-state index contributed by atoms with van der Waals surface area (Å²) in [7, 11) is 0. The molecule has 3 aromatic heterocycles. The monoisotopic (exact) mass is 895 g/mol. The molecular formula is C67H49N3. The lowest BCUT2D eigenvalue weighted by Gasteiger charge is -2.19. The van der Waals surface area contributed by atoms with Gasteiger partial charge in [0.1, 0.15) is 0 Å². The van der Waals surface area contributed by atoms with Crippen molar-refractivity contribution in [3.63, 3.8) is 0 Å². The number of benzene rings is 9. The molecule has 0 spiro atoms. The summed E-state index contributed by atoms with van der Waals surface area (Å²) in [5.41, 5.74) is 22.8. The highest BCUT2D eigenvalue weighted by atomic mass is 15.0. The van der Waals surface area contributed by atoms with Gasteiger partial charge in [-0.1, -0.05) is 165 Å². The SMILES string of the molecule is CC1CC=Cc2c(-c3cccc(-c4cc(-c5cccc(-c6cn(-c7ccccc7)c7ccccc67)c5)cc(-c5cccc(-c6cn(-c7ccccc7)c7ccccc67)c5)c4)c3)cn(-c3ccccc3)c21. The summed E-state index contributed by atoms with van der Waals surface area (Å²) in [5, 5.41) is 2.46.